The van der Waals surface area contributed by atoms with Crippen LogP contribution in [0.2, 0.25) is 0 Å². The summed E-state index contributed by atoms with van der Waals surface area (Å²) in [7, 11) is 0. The van der Waals surface area contributed by atoms with Gasteiger partial charge in [0.2, 0.25) is 5.91 Å². The van der Waals surface area contributed by atoms with E-state index in [9.17, 15) is 4.79 Å². The smallest absolute Gasteiger partial charge is 0.234 e. The lowest BCUT2D eigenvalue weighted by atomic mass is 10.1. The Morgan fingerprint density at radius 1 is 1.35 bits per heavy atom. The molecule has 1 aromatic rings. The summed E-state index contributed by atoms with van der Waals surface area (Å²) in [5.74, 6) is 0.531. The van der Waals surface area contributed by atoms with E-state index in [1.165, 1.54) is 4.88 Å². The van der Waals surface area contributed by atoms with Crippen LogP contribution in [-0.4, -0.2) is 18.5 Å². The average molecular weight is 254 g/mol. The van der Waals surface area contributed by atoms with E-state index in [0.717, 1.165) is 0 Å². The first kappa shape index (κ1) is 14.2. The maximum atomic E-state index is 11.7. The molecule has 1 heterocycles. The molecule has 3 nitrogen and oxygen atoms in total. The topological polar surface area (TPSA) is 41.1 Å². The Morgan fingerprint density at radius 2 is 2.06 bits per heavy atom. The number of thiophene rings is 1. The fraction of sp³-hybridized carbons (Fsp3) is 0.615. The minimum atomic E-state index is 0.0645. The molecule has 4 heteroatoms. The molecule has 1 rings (SSSR count). The van der Waals surface area contributed by atoms with Crippen LogP contribution in [0, 0.1) is 5.92 Å². The average Bonchev–Trinajstić information content (AvgIpc) is 2.79. The van der Waals surface area contributed by atoms with Crippen LogP contribution < -0.4 is 10.6 Å². The number of carbonyl (C=O) groups is 1. The Bertz CT molecular complexity index is 335. The fourth-order valence-corrected chi connectivity index (χ4v) is 2.11. The molecule has 0 aliphatic carbocycles. The van der Waals surface area contributed by atoms with Crippen LogP contribution in [0.3, 0.4) is 0 Å². The van der Waals surface area contributed by atoms with E-state index in [1.54, 1.807) is 11.3 Å². The third kappa shape index (κ3) is 4.88. The van der Waals surface area contributed by atoms with Gasteiger partial charge in [-0.3, -0.25) is 4.79 Å². The van der Waals surface area contributed by atoms with Gasteiger partial charge in [-0.25, -0.2) is 0 Å². The van der Waals surface area contributed by atoms with Crippen LogP contribution in [0.25, 0.3) is 0 Å². The van der Waals surface area contributed by atoms with E-state index < -0.39 is 0 Å². The molecule has 0 aliphatic rings. The second-order valence-electron chi connectivity index (χ2n) is 4.72. The summed E-state index contributed by atoms with van der Waals surface area (Å²) in [6, 6.07) is 4.56. The van der Waals surface area contributed by atoms with E-state index in [0.29, 0.717) is 12.5 Å². The normalized spacial score (nSPS) is 14.6. The molecule has 2 atom stereocenters. The number of carbonyl (C=O) groups excluding carboxylic acids is 1. The van der Waals surface area contributed by atoms with Gasteiger partial charge in [0.1, 0.15) is 0 Å². The van der Waals surface area contributed by atoms with Crippen LogP contribution in [0.15, 0.2) is 17.5 Å². The largest absolute Gasteiger partial charge is 0.352 e. The molecule has 17 heavy (non-hydrogen) atoms. The van der Waals surface area contributed by atoms with E-state index in [2.05, 4.69) is 42.9 Å². The highest BCUT2D eigenvalue weighted by atomic mass is 32.1. The zero-order valence-corrected chi connectivity index (χ0v) is 11.8. The highest BCUT2D eigenvalue weighted by Gasteiger charge is 2.12. The van der Waals surface area contributed by atoms with Gasteiger partial charge in [-0.2, -0.15) is 0 Å². The first-order valence-corrected chi connectivity index (χ1v) is 6.94. The van der Waals surface area contributed by atoms with Gasteiger partial charge in [-0.15, -0.1) is 11.3 Å². The Morgan fingerprint density at radius 3 is 2.59 bits per heavy atom. The van der Waals surface area contributed by atoms with Crippen molar-refractivity contribution < 1.29 is 4.79 Å². The molecule has 1 aromatic heterocycles. The zero-order valence-electron chi connectivity index (χ0n) is 11.0. The van der Waals surface area contributed by atoms with Crippen LogP contribution in [-0.2, 0) is 4.79 Å². The minimum Gasteiger partial charge on any atom is -0.352 e. The fourth-order valence-electron chi connectivity index (χ4n) is 1.36. The second-order valence-corrected chi connectivity index (χ2v) is 5.70. The predicted octanol–water partition coefficient (Wildman–Crippen LogP) is 2.56. The van der Waals surface area contributed by atoms with Crippen molar-refractivity contribution in [2.45, 2.75) is 39.8 Å². The lowest BCUT2D eigenvalue weighted by molar-refractivity contribution is -0.121. The first-order chi connectivity index (χ1) is 8.00. The summed E-state index contributed by atoms with van der Waals surface area (Å²) in [5, 5.41) is 8.26. The summed E-state index contributed by atoms with van der Waals surface area (Å²) in [5.41, 5.74) is 0. The van der Waals surface area contributed by atoms with Crippen molar-refractivity contribution in [3.8, 4) is 0 Å². The maximum Gasteiger partial charge on any atom is 0.234 e. The van der Waals surface area contributed by atoms with Gasteiger partial charge >= 0.3 is 0 Å². The number of amides is 1. The summed E-state index contributed by atoms with van der Waals surface area (Å²) in [6.07, 6.45) is 0. The van der Waals surface area contributed by atoms with Gasteiger partial charge in [0.05, 0.1) is 6.54 Å². The molecule has 0 saturated heterocycles. The Labute approximate surface area is 108 Å². The van der Waals surface area contributed by atoms with Crippen molar-refractivity contribution in [3.05, 3.63) is 22.4 Å². The molecule has 2 N–H and O–H groups in total. The molecule has 1 amide bonds. The van der Waals surface area contributed by atoms with Gasteiger partial charge in [0, 0.05) is 17.0 Å². The van der Waals surface area contributed by atoms with Crippen LogP contribution >= 0.6 is 11.3 Å². The first-order valence-electron chi connectivity index (χ1n) is 6.07. The van der Waals surface area contributed by atoms with Crippen LogP contribution in [0.5, 0.6) is 0 Å². The molecule has 1 unspecified atom stereocenters. The minimum absolute atomic E-state index is 0.0645. The molecular formula is C13H22N2OS. The third-order valence-corrected chi connectivity index (χ3v) is 3.98. The zero-order chi connectivity index (χ0) is 12.8. The third-order valence-electron chi connectivity index (χ3n) is 2.93. The predicted molar refractivity (Wildman–Crippen MR) is 73.2 cm³/mol. The summed E-state index contributed by atoms with van der Waals surface area (Å²) < 4.78 is 0. The molecular weight excluding hydrogens is 232 g/mol. The lowest BCUT2D eigenvalue weighted by Crippen LogP contribution is -2.41. The van der Waals surface area contributed by atoms with Gasteiger partial charge in [-0.05, 0) is 31.2 Å². The summed E-state index contributed by atoms with van der Waals surface area (Å²) in [6.45, 7) is 8.69. The van der Waals surface area contributed by atoms with E-state index in [4.69, 9.17) is 0 Å². The Hall–Kier alpha value is -0.870. The number of nitrogens with one attached hydrogen (secondary N) is 2. The quantitative estimate of drug-likeness (QED) is 0.819. The molecule has 0 aromatic carbocycles. The molecule has 96 valence electrons. The SMILES string of the molecule is CC(C)C(C)NC(=O)CN[C@H](C)c1cccs1. The second kappa shape index (κ2) is 6.77. The van der Waals surface area contributed by atoms with E-state index >= 15 is 0 Å². The molecule has 0 radical (unpaired) electrons. The van der Waals surface area contributed by atoms with Crippen LogP contribution in [0.4, 0.5) is 0 Å². The van der Waals surface area contributed by atoms with Crippen molar-refractivity contribution in [3.63, 3.8) is 0 Å². The van der Waals surface area contributed by atoms with Crippen molar-refractivity contribution in [2.24, 2.45) is 5.92 Å². The van der Waals surface area contributed by atoms with E-state index in [-0.39, 0.29) is 18.0 Å². The molecule has 0 bridgehead atoms. The molecule has 0 aliphatic heterocycles. The number of rotatable bonds is 6. The maximum absolute atomic E-state index is 11.7. The van der Waals surface area contributed by atoms with Crippen molar-refractivity contribution in [2.75, 3.05) is 6.54 Å². The van der Waals surface area contributed by atoms with Gasteiger partial charge < -0.3 is 10.6 Å². The molecule has 0 spiro atoms. The monoisotopic (exact) mass is 254 g/mol. The Balaban J connectivity index is 2.29. The van der Waals surface area contributed by atoms with Crippen molar-refractivity contribution in [1.82, 2.24) is 10.6 Å². The Kier molecular flexibility index (Phi) is 5.65. The highest BCUT2D eigenvalue weighted by molar-refractivity contribution is 7.10. The molecule has 0 fully saturated rings. The highest BCUT2D eigenvalue weighted by Crippen LogP contribution is 2.17. The summed E-state index contributed by atoms with van der Waals surface area (Å²) in [4.78, 5) is 12.9. The van der Waals surface area contributed by atoms with Gasteiger partial charge in [-0.1, -0.05) is 19.9 Å². The van der Waals surface area contributed by atoms with Crippen LogP contribution in [0.1, 0.15) is 38.6 Å². The number of hydrogen-bond acceptors (Lipinski definition) is 3. The van der Waals surface area contributed by atoms with Crippen molar-refractivity contribution in [1.29, 1.82) is 0 Å². The van der Waals surface area contributed by atoms with Gasteiger partial charge in [0.15, 0.2) is 0 Å². The van der Waals surface area contributed by atoms with E-state index in [1.807, 2.05) is 13.0 Å². The standard InChI is InChI=1S/C13H22N2OS/c1-9(2)10(3)15-13(16)8-14-11(4)12-6-5-7-17-12/h5-7,9-11,14H,8H2,1-4H3,(H,15,16)/t10?,11-/m1/s1. The summed E-state index contributed by atoms with van der Waals surface area (Å²) >= 11 is 1.71. The molecule has 0 saturated carbocycles. The van der Waals surface area contributed by atoms with Gasteiger partial charge in [0.25, 0.3) is 0 Å². The van der Waals surface area contributed by atoms with Crippen molar-refractivity contribution >= 4 is 17.2 Å². The number of hydrogen-bond donors (Lipinski definition) is 2. The lowest BCUT2D eigenvalue weighted by Gasteiger charge is -2.18.